The predicted octanol–water partition coefficient (Wildman–Crippen LogP) is 5.42. The minimum atomic E-state index is -0.640. The smallest absolute Gasteiger partial charge is 0.344 e. The van der Waals surface area contributed by atoms with Gasteiger partial charge in [0.05, 0.1) is 14.2 Å². The topological polar surface area (TPSA) is 77.8 Å². The van der Waals surface area contributed by atoms with Crippen molar-refractivity contribution in [3.8, 4) is 11.3 Å². The molecule has 0 saturated heterocycles. The third-order valence-electron chi connectivity index (χ3n) is 5.66. The number of rotatable bonds is 5. The summed E-state index contributed by atoms with van der Waals surface area (Å²) in [5.74, 6) is -0.711. The lowest BCUT2D eigenvalue weighted by atomic mass is 9.95. The van der Waals surface area contributed by atoms with Gasteiger partial charge in [-0.25, -0.2) is 9.59 Å². The minimum absolute atomic E-state index is 0.0813. The van der Waals surface area contributed by atoms with Crippen molar-refractivity contribution in [3.05, 3.63) is 53.6 Å². The summed E-state index contributed by atoms with van der Waals surface area (Å²) in [5, 5.41) is 5.27. The van der Waals surface area contributed by atoms with Crippen molar-refractivity contribution in [2.75, 3.05) is 19.5 Å². The van der Waals surface area contributed by atoms with Crippen molar-refractivity contribution in [1.82, 2.24) is 0 Å². The highest BCUT2D eigenvalue weighted by atomic mass is 16.5. The number of furan rings is 1. The van der Waals surface area contributed by atoms with Crippen LogP contribution in [0.5, 0.6) is 0 Å². The van der Waals surface area contributed by atoms with Gasteiger partial charge in [0.15, 0.2) is 5.76 Å². The van der Waals surface area contributed by atoms with Crippen LogP contribution in [0.1, 0.15) is 52.8 Å². The van der Waals surface area contributed by atoms with E-state index in [1.807, 2.05) is 42.5 Å². The molecule has 30 heavy (non-hydrogen) atoms. The molecule has 0 bridgehead atoms. The number of methoxy groups -OCH3 is 2. The summed E-state index contributed by atoms with van der Waals surface area (Å²) in [5.41, 5.74) is 0.882. The van der Waals surface area contributed by atoms with Crippen LogP contribution < -0.4 is 5.32 Å². The SMILES string of the molecule is COC(=O)c1c(NC2CCCCC2)oc(-c2cccc3ccccc23)c1C(=O)OC. The number of hydrogen-bond acceptors (Lipinski definition) is 6. The second-order valence-corrected chi connectivity index (χ2v) is 7.50. The van der Waals surface area contributed by atoms with Gasteiger partial charge in [-0.2, -0.15) is 0 Å². The summed E-state index contributed by atoms with van der Waals surface area (Å²) in [4.78, 5) is 25.5. The highest BCUT2D eigenvalue weighted by Crippen LogP contribution is 2.40. The molecule has 0 spiro atoms. The number of nitrogens with one attached hydrogen (secondary N) is 1. The molecule has 1 aliphatic carbocycles. The van der Waals surface area contributed by atoms with Gasteiger partial charge in [0, 0.05) is 11.6 Å². The van der Waals surface area contributed by atoms with Crippen molar-refractivity contribution in [3.63, 3.8) is 0 Å². The van der Waals surface area contributed by atoms with E-state index in [0.29, 0.717) is 5.76 Å². The number of fused-ring (bicyclic) bond motifs is 1. The summed E-state index contributed by atoms with van der Waals surface area (Å²) in [7, 11) is 2.58. The number of anilines is 1. The van der Waals surface area contributed by atoms with Gasteiger partial charge in [-0.1, -0.05) is 61.7 Å². The average Bonchev–Trinajstić information content (AvgIpc) is 3.17. The van der Waals surface area contributed by atoms with Crippen molar-refractivity contribution in [2.24, 2.45) is 0 Å². The second-order valence-electron chi connectivity index (χ2n) is 7.50. The summed E-state index contributed by atoms with van der Waals surface area (Å²) in [6, 6.07) is 13.8. The molecule has 1 aliphatic rings. The lowest BCUT2D eigenvalue weighted by molar-refractivity contribution is 0.0558. The molecular formula is C24H25NO5. The van der Waals surface area contributed by atoms with Gasteiger partial charge in [0.25, 0.3) is 0 Å². The molecule has 6 nitrogen and oxygen atoms in total. The van der Waals surface area contributed by atoms with E-state index in [1.54, 1.807) is 0 Å². The Hall–Kier alpha value is -3.28. The number of benzene rings is 2. The van der Waals surface area contributed by atoms with E-state index < -0.39 is 11.9 Å². The van der Waals surface area contributed by atoms with Crippen molar-refractivity contribution in [1.29, 1.82) is 0 Å². The summed E-state index contributed by atoms with van der Waals surface area (Å²) >= 11 is 0. The Bertz CT molecular complexity index is 1070. The van der Waals surface area contributed by atoms with E-state index in [4.69, 9.17) is 13.9 Å². The molecule has 1 heterocycles. The van der Waals surface area contributed by atoms with Crippen LogP contribution in [0, 0.1) is 0 Å². The second kappa shape index (κ2) is 8.61. The monoisotopic (exact) mass is 407 g/mol. The fraction of sp³-hybridized carbons (Fsp3) is 0.333. The fourth-order valence-electron chi connectivity index (χ4n) is 4.17. The molecular weight excluding hydrogens is 382 g/mol. The first-order valence-electron chi connectivity index (χ1n) is 10.2. The first kappa shape index (κ1) is 20.0. The van der Waals surface area contributed by atoms with Gasteiger partial charge in [0.2, 0.25) is 5.88 Å². The first-order chi connectivity index (χ1) is 14.6. The Kier molecular flexibility index (Phi) is 5.74. The van der Waals surface area contributed by atoms with E-state index in [9.17, 15) is 9.59 Å². The Morgan fingerprint density at radius 2 is 1.57 bits per heavy atom. The molecule has 156 valence electrons. The van der Waals surface area contributed by atoms with Crippen LogP contribution in [0.2, 0.25) is 0 Å². The van der Waals surface area contributed by atoms with Crippen LogP contribution in [0.25, 0.3) is 22.1 Å². The van der Waals surface area contributed by atoms with Crippen LogP contribution in [-0.2, 0) is 9.47 Å². The Balaban J connectivity index is 1.92. The van der Waals surface area contributed by atoms with Crippen LogP contribution in [0.3, 0.4) is 0 Å². The van der Waals surface area contributed by atoms with Crippen molar-refractivity contribution >= 4 is 28.6 Å². The van der Waals surface area contributed by atoms with E-state index in [1.165, 1.54) is 20.6 Å². The average molecular weight is 407 g/mol. The summed E-state index contributed by atoms with van der Waals surface area (Å²) in [6.07, 6.45) is 5.41. The predicted molar refractivity (Wildman–Crippen MR) is 115 cm³/mol. The molecule has 1 N–H and O–H groups in total. The molecule has 6 heteroatoms. The highest BCUT2D eigenvalue weighted by Gasteiger charge is 2.34. The molecule has 3 aromatic rings. The molecule has 1 saturated carbocycles. The van der Waals surface area contributed by atoms with Gasteiger partial charge in [0.1, 0.15) is 11.1 Å². The number of carbonyl (C=O) groups is 2. The number of carbonyl (C=O) groups excluding carboxylic acids is 2. The quantitative estimate of drug-likeness (QED) is 0.569. The fourth-order valence-corrected chi connectivity index (χ4v) is 4.17. The number of esters is 2. The molecule has 0 radical (unpaired) electrons. The molecule has 1 fully saturated rings. The first-order valence-corrected chi connectivity index (χ1v) is 10.2. The Morgan fingerprint density at radius 1 is 0.900 bits per heavy atom. The number of hydrogen-bond donors (Lipinski definition) is 1. The molecule has 0 unspecified atom stereocenters. The maximum Gasteiger partial charge on any atom is 0.344 e. The summed E-state index contributed by atoms with van der Waals surface area (Å²) in [6.45, 7) is 0. The van der Waals surface area contributed by atoms with Crippen molar-refractivity contribution < 1.29 is 23.5 Å². The Morgan fingerprint density at radius 3 is 2.30 bits per heavy atom. The van der Waals surface area contributed by atoms with Crippen LogP contribution in [-0.4, -0.2) is 32.2 Å². The van der Waals surface area contributed by atoms with Gasteiger partial charge >= 0.3 is 11.9 Å². The molecule has 2 aromatic carbocycles. The van der Waals surface area contributed by atoms with Crippen LogP contribution in [0.4, 0.5) is 5.88 Å². The maximum atomic E-state index is 12.8. The summed E-state index contributed by atoms with van der Waals surface area (Å²) < 4.78 is 16.2. The minimum Gasteiger partial charge on any atom is -0.465 e. The van der Waals surface area contributed by atoms with Crippen LogP contribution >= 0.6 is 0 Å². The molecule has 0 aliphatic heterocycles. The molecule has 4 rings (SSSR count). The van der Waals surface area contributed by atoms with Crippen molar-refractivity contribution in [2.45, 2.75) is 38.1 Å². The largest absolute Gasteiger partial charge is 0.465 e. The maximum absolute atomic E-state index is 12.8. The third-order valence-corrected chi connectivity index (χ3v) is 5.66. The zero-order chi connectivity index (χ0) is 21.1. The molecule has 0 atom stereocenters. The molecule has 0 amide bonds. The van der Waals surface area contributed by atoms with E-state index >= 15 is 0 Å². The van der Waals surface area contributed by atoms with E-state index in [-0.39, 0.29) is 23.1 Å². The highest BCUT2D eigenvalue weighted by molar-refractivity contribution is 6.12. The van der Waals surface area contributed by atoms with Gasteiger partial charge in [-0.05, 0) is 23.6 Å². The lowest BCUT2D eigenvalue weighted by Crippen LogP contribution is -2.23. The van der Waals surface area contributed by atoms with Gasteiger partial charge < -0.3 is 19.2 Å². The van der Waals surface area contributed by atoms with Crippen LogP contribution in [0.15, 0.2) is 46.9 Å². The van der Waals surface area contributed by atoms with E-state index in [2.05, 4.69) is 5.32 Å². The molecule has 1 aromatic heterocycles. The number of ether oxygens (including phenoxy) is 2. The standard InChI is InChI=1S/C24H25NO5/c1-28-23(26)19-20(24(27)29-2)22(25-16-11-4-3-5-12-16)30-21(19)18-14-8-10-15-9-6-7-13-17(15)18/h6-10,13-14,16,25H,3-5,11-12H2,1-2H3. The van der Waals surface area contributed by atoms with E-state index in [0.717, 1.165) is 42.0 Å². The van der Waals surface area contributed by atoms with Gasteiger partial charge in [-0.15, -0.1) is 0 Å². The Labute approximate surface area is 175 Å². The van der Waals surface area contributed by atoms with Gasteiger partial charge in [-0.3, -0.25) is 0 Å². The zero-order valence-corrected chi connectivity index (χ0v) is 17.2. The lowest BCUT2D eigenvalue weighted by Gasteiger charge is -2.22. The zero-order valence-electron chi connectivity index (χ0n) is 17.2. The third kappa shape index (κ3) is 3.65. The normalized spacial score (nSPS) is 14.5.